The quantitative estimate of drug-likeness (QED) is 0.490. The van der Waals surface area contributed by atoms with Crippen LogP contribution in [-0.4, -0.2) is 25.1 Å². The van der Waals surface area contributed by atoms with Crippen LogP contribution in [0.3, 0.4) is 0 Å². The smallest absolute Gasteiger partial charge is 0.338 e. The minimum Gasteiger partial charge on any atom is -0.496 e. The SMILES string of the molecule is COC(=O)c1ccc(-c2ccccc2OC)c([N+](=O)[O-])c1. The van der Waals surface area contributed by atoms with Crippen molar-refractivity contribution in [2.24, 2.45) is 0 Å². The van der Waals surface area contributed by atoms with Crippen molar-refractivity contribution in [3.63, 3.8) is 0 Å². The summed E-state index contributed by atoms with van der Waals surface area (Å²) < 4.78 is 9.79. The maximum atomic E-state index is 11.5. The first kappa shape index (κ1) is 14.5. The summed E-state index contributed by atoms with van der Waals surface area (Å²) in [6.45, 7) is 0. The van der Waals surface area contributed by atoms with Gasteiger partial charge < -0.3 is 9.47 Å². The number of ether oxygens (including phenoxy) is 2. The zero-order valence-electron chi connectivity index (χ0n) is 11.5. The van der Waals surface area contributed by atoms with E-state index in [1.807, 2.05) is 0 Å². The number of hydrogen-bond donors (Lipinski definition) is 0. The Balaban J connectivity index is 2.63. The minimum atomic E-state index is -0.621. The molecule has 0 aliphatic rings. The average molecular weight is 287 g/mol. The molecule has 0 N–H and O–H groups in total. The van der Waals surface area contributed by atoms with Gasteiger partial charge in [0.15, 0.2) is 0 Å². The fourth-order valence-corrected chi connectivity index (χ4v) is 2.02. The highest BCUT2D eigenvalue weighted by molar-refractivity contribution is 5.92. The molecule has 6 nitrogen and oxygen atoms in total. The van der Waals surface area contributed by atoms with Crippen molar-refractivity contribution in [1.29, 1.82) is 0 Å². The molecule has 21 heavy (non-hydrogen) atoms. The van der Waals surface area contributed by atoms with Crippen LogP contribution in [0.5, 0.6) is 5.75 Å². The van der Waals surface area contributed by atoms with Crippen LogP contribution in [0.15, 0.2) is 42.5 Å². The van der Waals surface area contributed by atoms with Crippen LogP contribution in [0, 0.1) is 10.1 Å². The first-order valence-corrected chi connectivity index (χ1v) is 6.08. The first-order valence-electron chi connectivity index (χ1n) is 6.08. The monoisotopic (exact) mass is 287 g/mol. The lowest BCUT2D eigenvalue weighted by molar-refractivity contribution is -0.384. The van der Waals surface area contributed by atoms with Gasteiger partial charge >= 0.3 is 5.97 Å². The van der Waals surface area contributed by atoms with Crippen LogP contribution in [0.1, 0.15) is 10.4 Å². The molecule has 0 amide bonds. The lowest BCUT2D eigenvalue weighted by Gasteiger charge is -2.09. The number of hydrogen-bond acceptors (Lipinski definition) is 5. The molecule has 0 atom stereocenters. The van der Waals surface area contributed by atoms with Crippen LogP contribution in [0.2, 0.25) is 0 Å². The standard InChI is InChI=1S/C15H13NO5/c1-20-14-6-4-3-5-12(14)11-8-7-10(15(17)21-2)9-13(11)16(18)19/h3-9H,1-2H3. The zero-order chi connectivity index (χ0) is 15.4. The third-order valence-corrected chi connectivity index (χ3v) is 3.01. The Bertz CT molecular complexity index is 696. The number of nitro benzene ring substituents is 1. The molecule has 0 aliphatic heterocycles. The number of methoxy groups -OCH3 is 2. The highest BCUT2D eigenvalue weighted by atomic mass is 16.6. The van der Waals surface area contributed by atoms with Gasteiger partial charge in [0.05, 0.1) is 30.3 Å². The molecule has 0 radical (unpaired) electrons. The molecule has 0 fully saturated rings. The molecule has 0 aliphatic carbocycles. The molecule has 0 saturated heterocycles. The summed E-state index contributed by atoms with van der Waals surface area (Å²) in [5, 5.41) is 11.3. The van der Waals surface area contributed by atoms with E-state index in [4.69, 9.17) is 4.74 Å². The predicted molar refractivity (Wildman–Crippen MR) is 76.4 cm³/mol. The van der Waals surface area contributed by atoms with E-state index in [9.17, 15) is 14.9 Å². The Morgan fingerprint density at radius 2 is 1.81 bits per heavy atom. The summed E-state index contributed by atoms with van der Waals surface area (Å²) in [5.41, 5.74) is 0.915. The summed E-state index contributed by atoms with van der Waals surface area (Å²) in [7, 11) is 2.72. The molecule has 0 unspecified atom stereocenters. The van der Waals surface area contributed by atoms with Crippen LogP contribution in [0.25, 0.3) is 11.1 Å². The zero-order valence-corrected chi connectivity index (χ0v) is 11.5. The van der Waals surface area contributed by atoms with Gasteiger partial charge in [-0.15, -0.1) is 0 Å². The molecule has 0 aromatic heterocycles. The van der Waals surface area contributed by atoms with Crippen LogP contribution in [0.4, 0.5) is 5.69 Å². The Kier molecular flexibility index (Phi) is 4.18. The molecule has 2 rings (SSSR count). The van der Waals surface area contributed by atoms with Gasteiger partial charge in [-0.3, -0.25) is 10.1 Å². The maximum Gasteiger partial charge on any atom is 0.338 e. The highest BCUT2D eigenvalue weighted by Crippen LogP contribution is 2.36. The summed E-state index contributed by atoms with van der Waals surface area (Å²) in [6, 6.07) is 11.2. The van der Waals surface area contributed by atoms with E-state index in [2.05, 4.69) is 4.74 Å². The number of carbonyl (C=O) groups is 1. The summed E-state index contributed by atoms with van der Waals surface area (Å²) >= 11 is 0. The van der Waals surface area contributed by atoms with Gasteiger partial charge in [-0.05, 0) is 18.2 Å². The molecule has 0 spiro atoms. The third kappa shape index (κ3) is 2.84. The number of para-hydroxylation sites is 1. The Hall–Kier alpha value is -2.89. The van der Waals surface area contributed by atoms with Crippen molar-refractivity contribution in [3.8, 4) is 16.9 Å². The van der Waals surface area contributed by atoms with Gasteiger partial charge in [0.25, 0.3) is 5.69 Å². The largest absolute Gasteiger partial charge is 0.496 e. The number of carbonyl (C=O) groups excluding carboxylic acids is 1. The van der Waals surface area contributed by atoms with Gasteiger partial charge in [0, 0.05) is 11.6 Å². The van der Waals surface area contributed by atoms with Gasteiger partial charge in [-0.25, -0.2) is 4.79 Å². The number of rotatable bonds is 4. The van der Waals surface area contributed by atoms with Crippen molar-refractivity contribution in [2.45, 2.75) is 0 Å². The van der Waals surface area contributed by atoms with Crippen molar-refractivity contribution in [2.75, 3.05) is 14.2 Å². The summed E-state index contributed by atoms with van der Waals surface area (Å²) in [6.07, 6.45) is 0. The number of nitro groups is 1. The van der Waals surface area contributed by atoms with Crippen molar-refractivity contribution >= 4 is 11.7 Å². The molecule has 0 saturated carbocycles. The molecule has 0 bridgehead atoms. The van der Waals surface area contributed by atoms with Crippen LogP contribution in [-0.2, 0) is 4.74 Å². The van der Waals surface area contributed by atoms with Crippen molar-refractivity contribution < 1.29 is 19.2 Å². The fourth-order valence-electron chi connectivity index (χ4n) is 2.02. The topological polar surface area (TPSA) is 78.7 Å². The van der Waals surface area contributed by atoms with Gasteiger partial charge in [-0.1, -0.05) is 18.2 Å². The highest BCUT2D eigenvalue weighted by Gasteiger charge is 2.20. The van der Waals surface area contributed by atoms with E-state index < -0.39 is 10.9 Å². The van der Waals surface area contributed by atoms with Gasteiger partial charge in [0.1, 0.15) is 5.75 Å². The van der Waals surface area contributed by atoms with Gasteiger partial charge in [0.2, 0.25) is 0 Å². The second-order valence-corrected chi connectivity index (χ2v) is 4.18. The van der Waals surface area contributed by atoms with E-state index in [0.717, 1.165) is 0 Å². The summed E-state index contributed by atoms with van der Waals surface area (Å²) in [4.78, 5) is 22.2. The number of esters is 1. The van der Waals surface area contributed by atoms with E-state index >= 15 is 0 Å². The number of benzene rings is 2. The summed E-state index contributed by atoms with van der Waals surface area (Å²) in [5.74, 6) is -0.101. The minimum absolute atomic E-state index is 0.128. The van der Waals surface area contributed by atoms with Crippen molar-refractivity contribution in [1.82, 2.24) is 0 Å². The normalized spacial score (nSPS) is 10.0. The maximum absolute atomic E-state index is 11.5. The Morgan fingerprint density at radius 1 is 1.10 bits per heavy atom. The molecule has 2 aromatic carbocycles. The lowest BCUT2D eigenvalue weighted by Crippen LogP contribution is -2.03. The molecule has 6 heteroatoms. The molecular formula is C15H13NO5. The average Bonchev–Trinajstić information content (AvgIpc) is 2.53. The third-order valence-electron chi connectivity index (χ3n) is 3.01. The predicted octanol–water partition coefficient (Wildman–Crippen LogP) is 3.06. The van der Waals surface area contributed by atoms with Crippen LogP contribution >= 0.6 is 0 Å². The Morgan fingerprint density at radius 3 is 2.43 bits per heavy atom. The van der Waals surface area contributed by atoms with E-state index in [1.54, 1.807) is 24.3 Å². The van der Waals surface area contributed by atoms with E-state index in [1.165, 1.54) is 32.4 Å². The molecule has 2 aromatic rings. The lowest BCUT2D eigenvalue weighted by atomic mass is 10.0. The fraction of sp³-hybridized carbons (Fsp3) is 0.133. The first-order chi connectivity index (χ1) is 10.1. The van der Waals surface area contributed by atoms with Gasteiger partial charge in [-0.2, -0.15) is 0 Å². The second-order valence-electron chi connectivity index (χ2n) is 4.18. The Labute approximate surface area is 121 Å². The van der Waals surface area contributed by atoms with E-state index in [-0.39, 0.29) is 11.3 Å². The van der Waals surface area contributed by atoms with Crippen LogP contribution < -0.4 is 4.74 Å². The molecule has 108 valence electrons. The number of nitrogens with zero attached hydrogens (tertiary/aromatic N) is 1. The second kappa shape index (κ2) is 6.04. The molecule has 0 heterocycles. The van der Waals surface area contributed by atoms with Crippen molar-refractivity contribution in [3.05, 3.63) is 58.1 Å². The molecular weight excluding hydrogens is 274 g/mol. The van der Waals surface area contributed by atoms with E-state index in [0.29, 0.717) is 16.9 Å².